The molecule has 0 radical (unpaired) electrons. The lowest BCUT2D eigenvalue weighted by Gasteiger charge is -2.16. The van der Waals surface area contributed by atoms with Crippen LogP contribution in [0.2, 0.25) is 0 Å². The molecule has 0 N–H and O–H groups in total. The summed E-state index contributed by atoms with van der Waals surface area (Å²) in [6.45, 7) is 0. The monoisotopic (exact) mass is 232 g/mol. The molecule has 17 heavy (non-hydrogen) atoms. The summed E-state index contributed by atoms with van der Waals surface area (Å²) < 4.78 is 0. The molecule has 0 spiro atoms. The number of rotatable bonds is 1. The van der Waals surface area contributed by atoms with Crippen LogP contribution in [0.15, 0.2) is 23.3 Å². The predicted molar refractivity (Wildman–Crippen MR) is 72.0 cm³/mol. The molecule has 94 valence electrons. The van der Waals surface area contributed by atoms with Gasteiger partial charge in [0.1, 0.15) is 0 Å². The summed E-state index contributed by atoms with van der Waals surface area (Å²) in [5.41, 5.74) is 2.84. The highest BCUT2D eigenvalue weighted by molar-refractivity contribution is 5.91. The minimum Gasteiger partial charge on any atom is -0.295 e. The summed E-state index contributed by atoms with van der Waals surface area (Å²) in [6, 6.07) is 0. The topological polar surface area (TPSA) is 17.1 Å². The highest BCUT2D eigenvalue weighted by atomic mass is 16.1. The molecule has 0 saturated carbocycles. The van der Waals surface area contributed by atoms with E-state index in [1.54, 1.807) is 0 Å². The van der Waals surface area contributed by atoms with Gasteiger partial charge >= 0.3 is 0 Å². The average Bonchev–Trinajstić information content (AvgIpc) is 2.23. The first-order valence-electron chi connectivity index (χ1n) is 7.29. The predicted octanol–water partition coefficient (Wildman–Crippen LogP) is 4.73. The van der Waals surface area contributed by atoms with Crippen LogP contribution in [-0.4, -0.2) is 5.78 Å². The van der Waals surface area contributed by atoms with E-state index >= 15 is 0 Å². The highest BCUT2D eigenvalue weighted by Gasteiger charge is 2.12. The zero-order chi connectivity index (χ0) is 11.9. The number of allylic oxidation sites excluding steroid dienone is 4. The standard InChI is InChI=1S/C16H24O/c17-16-12-8-4-7-11-15(13-16)14-9-5-2-1-3-6-10-14/h9,13H,1-8,10-12H2/b14-9+,15-13+. The number of ketones is 1. The molecular formula is C16H24O. The van der Waals surface area contributed by atoms with E-state index in [9.17, 15) is 4.79 Å². The molecule has 0 amide bonds. The number of hydrogen-bond donors (Lipinski definition) is 0. The van der Waals surface area contributed by atoms with Crippen LogP contribution < -0.4 is 0 Å². The van der Waals surface area contributed by atoms with Crippen LogP contribution in [0.3, 0.4) is 0 Å². The largest absolute Gasteiger partial charge is 0.295 e. The second-order valence-electron chi connectivity index (χ2n) is 5.38. The zero-order valence-electron chi connectivity index (χ0n) is 10.8. The Morgan fingerprint density at radius 2 is 1.35 bits per heavy atom. The molecule has 0 unspecified atom stereocenters. The molecule has 0 aromatic rings. The van der Waals surface area contributed by atoms with E-state index in [4.69, 9.17) is 0 Å². The zero-order valence-corrected chi connectivity index (χ0v) is 10.8. The number of carbonyl (C=O) groups excluding carboxylic acids is 1. The fourth-order valence-electron chi connectivity index (χ4n) is 2.87. The Hall–Kier alpha value is -0.850. The van der Waals surface area contributed by atoms with Crippen molar-refractivity contribution in [2.24, 2.45) is 0 Å². The first-order valence-corrected chi connectivity index (χ1v) is 7.29. The summed E-state index contributed by atoms with van der Waals surface area (Å²) in [4.78, 5) is 11.7. The van der Waals surface area contributed by atoms with Crippen molar-refractivity contribution in [2.45, 2.75) is 70.6 Å². The highest BCUT2D eigenvalue weighted by Crippen LogP contribution is 2.27. The van der Waals surface area contributed by atoms with E-state index in [-0.39, 0.29) is 0 Å². The molecule has 0 bridgehead atoms. The van der Waals surface area contributed by atoms with Crippen LogP contribution in [-0.2, 0) is 4.79 Å². The average molecular weight is 232 g/mol. The van der Waals surface area contributed by atoms with Crippen molar-refractivity contribution < 1.29 is 4.79 Å². The smallest absolute Gasteiger partial charge is 0.155 e. The van der Waals surface area contributed by atoms with Gasteiger partial charge in [-0.25, -0.2) is 0 Å². The third kappa shape index (κ3) is 4.14. The van der Waals surface area contributed by atoms with Gasteiger partial charge in [-0.15, -0.1) is 0 Å². The maximum Gasteiger partial charge on any atom is 0.155 e. The Kier molecular flexibility index (Phi) is 5.03. The molecule has 0 saturated heterocycles. The van der Waals surface area contributed by atoms with Crippen LogP contribution in [0.5, 0.6) is 0 Å². The van der Waals surface area contributed by atoms with Gasteiger partial charge in [-0.1, -0.05) is 25.3 Å². The molecule has 2 aliphatic carbocycles. The summed E-state index contributed by atoms with van der Waals surface area (Å²) in [7, 11) is 0. The van der Waals surface area contributed by atoms with Gasteiger partial charge in [0, 0.05) is 6.42 Å². The van der Waals surface area contributed by atoms with Crippen molar-refractivity contribution in [1.29, 1.82) is 0 Å². The van der Waals surface area contributed by atoms with Gasteiger partial charge in [-0.3, -0.25) is 4.79 Å². The molecule has 0 aromatic heterocycles. The van der Waals surface area contributed by atoms with E-state index in [0.717, 1.165) is 19.3 Å². The molecule has 1 heteroatoms. The van der Waals surface area contributed by atoms with Crippen molar-refractivity contribution in [3.05, 3.63) is 23.3 Å². The van der Waals surface area contributed by atoms with Crippen molar-refractivity contribution in [1.82, 2.24) is 0 Å². The molecule has 0 atom stereocenters. The SMILES string of the molecule is O=C1/C=C(/C2=C/CCCCCC2)CCCCC1. The Morgan fingerprint density at radius 1 is 0.706 bits per heavy atom. The van der Waals surface area contributed by atoms with Crippen LogP contribution in [0.1, 0.15) is 70.6 Å². The lowest BCUT2D eigenvalue weighted by atomic mass is 9.89. The lowest BCUT2D eigenvalue weighted by molar-refractivity contribution is -0.114. The molecular weight excluding hydrogens is 208 g/mol. The first-order chi connectivity index (χ1) is 8.36. The molecule has 1 nitrogen and oxygen atoms in total. The third-order valence-electron chi connectivity index (χ3n) is 3.91. The Morgan fingerprint density at radius 3 is 2.24 bits per heavy atom. The quantitative estimate of drug-likeness (QED) is 0.639. The summed E-state index contributed by atoms with van der Waals surface area (Å²) in [5, 5.41) is 0. The molecule has 2 rings (SSSR count). The Bertz CT molecular complexity index is 322. The van der Waals surface area contributed by atoms with Crippen molar-refractivity contribution in [3.8, 4) is 0 Å². The van der Waals surface area contributed by atoms with Gasteiger partial charge in [0.2, 0.25) is 0 Å². The maximum atomic E-state index is 11.7. The van der Waals surface area contributed by atoms with E-state index < -0.39 is 0 Å². The fourth-order valence-corrected chi connectivity index (χ4v) is 2.87. The van der Waals surface area contributed by atoms with Crippen LogP contribution >= 0.6 is 0 Å². The van der Waals surface area contributed by atoms with E-state index in [1.165, 1.54) is 62.5 Å². The Labute approximate surface area is 105 Å². The summed E-state index contributed by atoms with van der Waals surface area (Å²) in [5.74, 6) is 0.350. The van der Waals surface area contributed by atoms with E-state index in [1.807, 2.05) is 6.08 Å². The minimum atomic E-state index is 0.350. The Balaban J connectivity index is 2.10. The molecule has 0 heterocycles. The first kappa shape index (κ1) is 12.6. The molecule has 0 aromatic carbocycles. The van der Waals surface area contributed by atoms with Gasteiger partial charge in [0.25, 0.3) is 0 Å². The maximum absolute atomic E-state index is 11.7. The second-order valence-corrected chi connectivity index (χ2v) is 5.38. The van der Waals surface area contributed by atoms with Crippen LogP contribution in [0.25, 0.3) is 0 Å². The van der Waals surface area contributed by atoms with Gasteiger partial charge in [-0.2, -0.15) is 0 Å². The third-order valence-corrected chi connectivity index (χ3v) is 3.91. The van der Waals surface area contributed by atoms with Gasteiger partial charge in [-0.05, 0) is 62.2 Å². The van der Waals surface area contributed by atoms with Gasteiger partial charge < -0.3 is 0 Å². The van der Waals surface area contributed by atoms with E-state index in [0.29, 0.717) is 5.78 Å². The normalized spacial score (nSPS) is 30.0. The lowest BCUT2D eigenvalue weighted by Crippen LogP contribution is -2.03. The number of hydrogen-bond acceptors (Lipinski definition) is 1. The van der Waals surface area contributed by atoms with Gasteiger partial charge in [0.05, 0.1) is 0 Å². The summed E-state index contributed by atoms with van der Waals surface area (Å²) >= 11 is 0. The van der Waals surface area contributed by atoms with Crippen molar-refractivity contribution in [2.75, 3.05) is 0 Å². The molecule has 0 fully saturated rings. The fraction of sp³-hybridized carbons (Fsp3) is 0.688. The van der Waals surface area contributed by atoms with E-state index in [2.05, 4.69) is 6.08 Å². The minimum absolute atomic E-state index is 0.350. The van der Waals surface area contributed by atoms with Crippen LogP contribution in [0.4, 0.5) is 0 Å². The van der Waals surface area contributed by atoms with Gasteiger partial charge in [0.15, 0.2) is 5.78 Å². The molecule has 2 aliphatic rings. The van der Waals surface area contributed by atoms with Crippen molar-refractivity contribution in [3.63, 3.8) is 0 Å². The van der Waals surface area contributed by atoms with Crippen molar-refractivity contribution >= 4 is 5.78 Å². The van der Waals surface area contributed by atoms with Crippen LogP contribution in [0, 0.1) is 0 Å². The number of carbonyl (C=O) groups is 1. The second kappa shape index (κ2) is 6.78. The molecule has 0 aliphatic heterocycles. The summed E-state index contributed by atoms with van der Waals surface area (Å²) in [6.07, 6.45) is 17.6.